The second-order valence-electron chi connectivity index (χ2n) is 6.71. The Morgan fingerprint density at radius 2 is 1.85 bits per heavy atom. The molecule has 0 radical (unpaired) electrons. The zero-order valence-electron chi connectivity index (χ0n) is 15.5. The van der Waals surface area contributed by atoms with Crippen LogP contribution in [0, 0.1) is 0 Å². The van der Waals surface area contributed by atoms with Crippen molar-refractivity contribution in [1.82, 2.24) is 10.0 Å². The van der Waals surface area contributed by atoms with Crippen molar-refractivity contribution in [2.45, 2.75) is 62.8 Å². The van der Waals surface area contributed by atoms with Gasteiger partial charge in [-0.05, 0) is 49.8 Å². The predicted octanol–water partition coefficient (Wildman–Crippen LogP) is 2.38. The van der Waals surface area contributed by atoms with Gasteiger partial charge < -0.3 is 10.1 Å². The zero-order valence-corrected chi connectivity index (χ0v) is 16.3. The minimum atomic E-state index is -3.41. The van der Waals surface area contributed by atoms with Crippen molar-refractivity contribution in [2.24, 2.45) is 0 Å². The van der Waals surface area contributed by atoms with Crippen LogP contribution in [0.15, 0.2) is 29.2 Å². The van der Waals surface area contributed by atoms with Crippen LogP contribution >= 0.6 is 0 Å². The van der Waals surface area contributed by atoms with Crippen molar-refractivity contribution in [2.75, 3.05) is 19.8 Å². The highest BCUT2D eigenvalue weighted by Gasteiger charge is 2.27. The lowest BCUT2D eigenvalue weighted by Crippen LogP contribution is -2.26. The molecule has 146 valence electrons. The number of carbonyl (C=O) groups excluding carboxylic acids is 1. The average Bonchev–Trinajstić information content (AvgIpc) is 3.43. The number of unbranched alkanes of at least 4 members (excludes halogenated alkanes) is 1. The Balaban J connectivity index is 1.63. The smallest absolute Gasteiger partial charge is 0.240 e. The molecule has 1 amide bonds. The van der Waals surface area contributed by atoms with Gasteiger partial charge in [0, 0.05) is 32.2 Å². The Kier molecular flexibility index (Phi) is 8.54. The van der Waals surface area contributed by atoms with Crippen molar-refractivity contribution in [3.63, 3.8) is 0 Å². The fourth-order valence-corrected chi connectivity index (χ4v) is 3.73. The van der Waals surface area contributed by atoms with Gasteiger partial charge in [0.2, 0.25) is 15.9 Å². The first kappa shape index (κ1) is 20.9. The van der Waals surface area contributed by atoms with Gasteiger partial charge in [0.25, 0.3) is 0 Å². The Morgan fingerprint density at radius 3 is 2.50 bits per heavy atom. The largest absolute Gasteiger partial charge is 0.381 e. The van der Waals surface area contributed by atoms with E-state index in [4.69, 9.17) is 4.74 Å². The molecular formula is C19H30N2O4S. The quantitative estimate of drug-likeness (QED) is 0.513. The molecule has 1 aliphatic rings. The summed E-state index contributed by atoms with van der Waals surface area (Å²) in [7, 11) is -3.41. The minimum Gasteiger partial charge on any atom is -0.381 e. The molecule has 7 heteroatoms. The normalized spacial score (nSPS) is 14.3. The number of nitrogens with one attached hydrogen (secondary N) is 2. The fraction of sp³-hybridized carbons (Fsp3) is 0.632. The van der Waals surface area contributed by atoms with Gasteiger partial charge in [-0.25, -0.2) is 13.1 Å². The molecule has 0 unspecified atom stereocenters. The summed E-state index contributed by atoms with van der Waals surface area (Å²) in [5.74, 6) is 0.00524. The van der Waals surface area contributed by atoms with Gasteiger partial charge in [0.15, 0.2) is 0 Å². The van der Waals surface area contributed by atoms with E-state index in [1.54, 1.807) is 24.3 Å². The lowest BCUT2D eigenvalue weighted by molar-refractivity contribution is -0.121. The van der Waals surface area contributed by atoms with Crippen molar-refractivity contribution in [3.8, 4) is 0 Å². The van der Waals surface area contributed by atoms with Crippen LogP contribution in [-0.2, 0) is 26.0 Å². The van der Waals surface area contributed by atoms with Crippen molar-refractivity contribution in [3.05, 3.63) is 29.8 Å². The second-order valence-corrected chi connectivity index (χ2v) is 8.42. The molecule has 26 heavy (non-hydrogen) atoms. The standard InChI is InChI=1S/C19H30N2O4S/c1-2-3-14-25-15-4-13-20-19(22)12-7-16-5-10-18(11-6-16)26(23,24)21-17-8-9-17/h5-6,10-11,17,21H,2-4,7-9,12-15H2,1H3,(H,20,22). The maximum atomic E-state index is 12.1. The molecule has 2 rings (SSSR count). The van der Waals surface area contributed by atoms with Crippen molar-refractivity contribution in [1.29, 1.82) is 0 Å². The van der Waals surface area contributed by atoms with E-state index in [1.165, 1.54) is 0 Å². The summed E-state index contributed by atoms with van der Waals surface area (Å²) in [5, 5.41) is 2.88. The fourth-order valence-electron chi connectivity index (χ4n) is 2.42. The Labute approximate surface area is 156 Å². The van der Waals surface area contributed by atoms with Gasteiger partial charge in [0.1, 0.15) is 0 Å². The summed E-state index contributed by atoms with van der Waals surface area (Å²) >= 11 is 0. The van der Waals surface area contributed by atoms with Crippen molar-refractivity contribution >= 4 is 15.9 Å². The van der Waals surface area contributed by atoms with E-state index in [1.807, 2.05) is 0 Å². The van der Waals surface area contributed by atoms with Crippen LogP contribution in [0.25, 0.3) is 0 Å². The Hall–Kier alpha value is -1.44. The molecule has 2 N–H and O–H groups in total. The van der Waals surface area contributed by atoms with Gasteiger partial charge in [-0.3, -0.25) is 4.79 Å². The van der Waals surface area contributed by atoms with Gasteiger partial charge >= 0.3 is 0 Å². The summed E-state index contributed by atoms with van der Waals surface area (Å²) in [4.78, 5) is 12.1. The molecule has 0 aliphatic heterocycles. The van der Waals surface area contributed by atoms with Crippen molar-refractivity contribution < 1.29 is 17.9 Å². The highest BCUT2D eigenvalue weighted by atomic mass is 32.2. The topological polar surface area (TPSA) is 84.5 Å². The van der Waals surface area contributed by atoms with Gasteiger partial charge in [-0.2, -0.15) is 0 Å². The first-order valence-corrected chi connectivity index (χ1v) is 11.0. The monoisotopic (exact) mass is 382 g/mol. The molecule has 0 bridgehead atoms. The SMILES string of the molecule is CCCCOCCCNC(=O)CCc1ccc(S(=O)(=O)NC2CC2)cc1. The van der Waals surface area contributed by atoms with Crippen LogP contribution in [-0.4, -0.2) is 40.1 Å². The highest BCUT2D eigenvalue weighted by molar-refractivity contribution is 7.89. The summed E-state index contributed by atoms with van der Waals surface area (Å²) in [6.45, 7) is 4.20. The third kappa shape index (κ3) is 7.85. The molecule has 0 spiro atoms. The van der Waals surface area contributed by atoms with Crippen LogP contribution in [0.1, 0.15) is 51.0 Å². The van der Waals surface area contributed by atoms with E-state index in [-0.39, 0.29) is 16.8 Å². The lowest BCUT2D eigenvalue weighted by Gasteiger charge is -2.08. The summed E-state index contributed by atoms with van der Waals surface area (Å²) in [6.07, 6.45) is 5.83. The van der Waals surface area contributed by atoms with Gasteiger partial charge in [-0.1, -0.05) is 25.5 Å². The number of hydrogen-bond donors (Lipinski definition) is 2. The average molecular weight is 383 g/mol. The maximum Gasteiger partial charge on any atom is 0.240 e. The van der Waals surface area contributed by atoms with E-state index >= 15 is 0 Å². The molecular weight excluding hydrogens is 352 g/mol. The van der Waals surface area contributed by atoms with E-state index < -0.39 is 10.0 Å². The first-order chi connectivity index (χ1) is 12.5. The van der Waals surface area contributed by atoms with E-state index in [2.05, 4.69) is 17.0 Å². The molecule has 0 atom stereocenters. The molecule has 1 aromatic carbocycles. The van der Waals surface area contributed by atoms with Crippen LogP contribution in [0.3, 0.4) is 0 Å². The van der Waals surface area contributed by atoms with Gasteiger partial charge in [-0.15, -0.1) is 0 Å². The summed E-state index contributed by atoms with van der Waals surface area (Å²) in [6, 6.07) is 6.85. The number of carbonyl (C=O) groups is 1. The molecule has 0 aromatic heterocycles. The number of benzene rings is 1. The number of ether oxygens (including phenoxy) is 1. The molecule has 1 fully saturated rings. The zero-order chi connectivity index (χ0) is 18.8. The first-order valence-electron chi connectivity index (χ1n) is 9.47. The molecule has 1 saturated carbocycles. The number of sulfonamides is 1. The van der Waals surface area contributed by atoms with Crippen LogP contribution < -0.4 is 10.0 Å². The number of aryl methyl sites for hydroxylation is 1. The van der Waals surface area contributed by atoms with Crippen LogP contribution in [0.4, 0.5) is 0 Å². The number of amides is 1. The molecule has 0 saturated heterocycles. The summed E-state index contributed by atoms with van der Waals surface area (Å²) in [5.41, 5.74) is 0.952. The molecule has 0 heterocycles. The molecule has 1 aromatic rings. The van der Waals surface area contributed by atoms with E-state index in [9.17, 15) is 13.2 Å². The van der Waals surface area contributed by atoms with Gasteiger partial charge in [0.05, 0.1) is 4.90 Å². The van der Waals surface area contributed by atoms with E-state index in [0.29, 0.717) is 26.0 Å². The number of rotatable bonds is 13. The third-order valence-corrected chi connectivity index (χ3v) is 5.74. The Morgan fingerprint density at radius 1 is 1.15 bits per heavy atom. The Bertz CT molecular complexity index is 655. The number of hydrogen-bond acceptors (Lipinski definition) is 4. The second kappa shape index (κ2) is 10.6. The minimum absolute atomic E-state index is 0.00524. The third-order valence-electron chi connectivity index (χ3n) is 4.20. The van der Waals surface area contributed by atoms with E-state index in [0.717, 1.165) is 44.3 Å². The molecule has 6 nitrogen and oxygen atoms in total. The maximum absolute atomic E-state index is 12.1. The molecule has 1 aliphatic carbocycles. The lowest BCUT2D eigenvalue weighted by atomic mass is 10.1. The predicted molar refractivity (Wildman–Crippen MR) is 101 cm³/mol. The van der Waals surface area contributed by atoms with Crippen LogP contribution in [0.5, 0.6) is 0 Å². The van der Waals surface area contributed by atoms with Crippen LogP contribution in [0.2, 0.25) is 0 Å². The summed E-state index contributed by atoms with van der Waals surface area (Å²) < 4.78 is 32.3. The highest BCUT2D eigenvalue weighted by Crippen LogP contribution is 2.22.